The summed E-state index contributed by atoms with van der Waals surface area (Å²) in [6, 6.07) is 5.95. The van der Waals surface area contributed by atoms with E-state index in [0.717, 1.165) is 42.7 Å². The van der Waals surface area contributed by atoms with Gasteiger partial charge in [-0.2, -0.15) is 0 Å². The molecule has 1 aromatic heterocycles. The minimum atomic E-state index is -1.00. The molecule has 3 heterocycles. The van der Waals surface area contributed by atoms with Gasteiger partial charge < -0.3 is 19.4 Å². The number of amides is 1. The third-order valence-corrected chi connectivity index (χ3v) is 5.83. The van der Waals surface area contributed by atoms with E-state index in [9.17, 15) is 9.18 Å². The van der Waals surface area contributed by atoms with Crippen molar-refractivity contribution in [3.05, 3.63) is 24.0 Å². The quantitative estimate of drug-likeness (QED) is 0.847. The van der Waals surface area contributed by atoms with Crippen molar-refractivity contribution >= 4 is 16.9 Å². The summed E-state index contributed by atoms with van der Waals surface area (Å²) < 4.78 is 25.6. The molecule has 1 amide bonds. The Balaban J connectivity index is 1.31. The highest BCUT2D eigenvalue weighted by Crippen LogP contribution is 2.26. The fourth-order valence-corrected chi connectivity index (χ4v) is 4.19. The van der Waals surface area contributed by atoms with Gasteiger partial charge in [0.1, 0.15) is 30.5 Å². The number of hydrogen-bond donors (Lipinski definition) is 1. The highest BCUT2D eigenvalue weighted by atomic mass is 19.1. The van der Waals surface area contributed by atoms with Gasteiger partial charge in [0.15, 0.2) is 0 Å². The SMILES string of the molecule is COc1ccc2nc(COC3CN(C4CCN(C(C)=O)CC4)CC3F)[nH]c2c1. The molecule has 2 atom stereocenters. The molecule has 8 heteroatoms. The van der Waals surface area contributed by atoms with Gasteiger partial charge in [-0.15, -0.1) is 0 Å². The normalized spacial score (nSPS) is 24.2. The predicted octanol–water partition coefficient (Wildman–Crippen LogP) is 2.12. The van der Waals surface area contributed by atoms with Crippen molar-refractivity contribution in [3.8, 4) is 5.75 Å². The van der Waals surface area contributed by atoms with Crippen LogP contribution in [0.3, 0.4) is 0 Å². The number of likely N-dealkylation sites (tertiary alicyclic amines) is 2. The number of aromatic nitrogens is 2. The van der Waals surface area contributed by atoms with Gasteiger partial charge in [-0.3, -0.25) is 9.69 Å². The Hall–Kier alpha value is -2.19. The number of nitrogens with zero attached hydrogens (tertiary/aromatic N) is 3. The van der Waals surface area contributed by atoms with Crippen LogP contribution in [0, 0.1) is 0 Å². The van der Waals surface area contributed by atoms with Crippen LogP contribution >= 0.6 is 0 Å². The van der Waals surface area contributed by atoms with Crippen molar-refractivity contribution < 1.29 is 18.7 Å². The topological polar surface area (TPSA) is 70.7 Å². The second-order valence-corrected chi connectivity index (χ2v) is 7.62. The molecule has 2 aliphatic rings. The highest BCUT2D eigenvalue weighted by Gasteiger charge is 2.38. The van der Waals surface area contributed by atoms with Gasteiger partial charge >= 0.3 is 0 Å². The third kappa shape index (κ3) is 3.98. The molecule has 2 saturated heterocycles. The molecule has 2 unspecified atom stereocenters. The van der Waals surface area contributed by atoms with Gasteiger partial charge in [-0.05, 0) is 25.0 Å². The Kier molecular flexibility index (Phi) is 5.50. The van der Waals surface area contributed by atoms with Crippen LogP contribution in [0.5, 0.6) is 5.75 Å². The van der Waals surface area contributed by atoms with E-state index in [0.29, 0.717) is 25.0 Å². The standard InChI is InChI=1S/C20H27FN4O3/c1-13(26)24-7-5-14(6-8-24)25-10-16(21)19(11-25)28-12-20-22-17-4-3-15(27-2)9-18(17)23-20/h3-4,9,14,16,19H,5-8,10-12H2,1-2H3,(H,22,23). The van der Waals surface area contributed by atoms with Crippen LogP contribution in [-0.2, 0) is 16.1 Å². The Morgan fingerprint density at radius 1 is 1.32 bits per heavy atom. The van der Waals surface area contributed by atoms with E-state index in [1.807, 2.05) is 23.1 Å². The molecule has 0 aliphatic carbocycles. The summed E-state index contributed by atoms with van der Waals surface area (Å²) in [4.78, 5) is 23.2. The van der Waals surface area contributed by atoms with E-state index in [4.69, 9.17) is 9.47 Å². The first-order valence-corrected chi connectivity index (χ1v) is 9.81. The molecule has 7 nitrogen and oxygen atoms in total. The number of piperidine rings is 1. The molecule has 0 spiro atoms. The zero-order valence-corrected chi connectivity index (χ0v) is 16.4. The van der Waals surface area contributed by atoms with Gasteiger partial charge in [0.2, 0.25) is 5.91 Å². The number of alkyl halides is 1. The average Bonchev–Trinajstić information content (AvgIpc) is 3.28. The fraction of sp³-hybridized carbons (Fsp3) is 0.600. The summed E-state index contributed by atoms with van der Waals surface area (Å²) >= 11 is 0. The number of halogens is 1. The molecule has 152 valence electrons. The lowest BCUT2D eigenvalue weighted by atomic mass is 10.0. The summed E-state index contributed by atoms with van der Waals surface area (Å²) in [6.07, 6.45) is 0.332. The summed E-state index contributed by atoms with van der Waals surface area (Å²) in [5, 5.41) is 0. The third-order valence-electron chi connectivity index (χ3n) is 5.83. The van der Waals surface area contributed by atoms with Crippen LogP contribution in [0.25, 0.3) is 11.0 Å². The number of fused-ring (bicyclic) bond motifs is 1. The van der Waals surface area contributed by atoms with Gasteiger partial charge in [0.25, 0.3) is 0 Å². The fourth-order valence-electron chi connectivity index (χ4n) is 4.19. The zero-order chi connectivity index (χ0) is 19.7. The Morgan fingerprint density at radius 2 is 2.11 bits per heavy atom. The van der Waals surface area contributed by atoms with E-state index in [-0.39, 0.29) is 12.5 Å². The smallest absolute Gasteiger partial charge is 0.219 e. The largest absolute Gasteiger partial charge is 0.497 e. The van der Waals surface area contributed by atoms with Crippen molar-refractivity contribution in [2.24, 2.45) is 0 Å². The lowest BCUT2D eigenvalue weighted by Gasteiger charge is -2.36. The lowest BCUT2D eigenvalue weighted by Crippen LogP contribution is -2.45. The first kappa shape index (κ1) is 19.1. The number of imidazole rings is 1. The number of carbonyl (C=O) groups excluding carboxylic acids is 1. The number of rotatable bonds is 5. The average molecular weight is 390 g/mol. The molecule has 28 heavy (non-hydrogen) atoms. The van der Waals surface area contributed by atoms with Gasteiger partial charge in [-0.1, -0.05) is 0 Å². The number of H-pyrrole nitrogens is 1. The number of hydrogen-bond acceptors (Lipinski definition) is 5. The molecular formula is C20H27FN4O3. The number of ether oxygens (including phenoxy) is 2. The molecule has 0 radical (unpaired) electrons. The van der Waals surface area contributed by atoms with E-state index in [1.54, 1.807) is 14.0 Å². The monoisotopic (exact) mass is 390 g/mol. The second-order valence-electron chi connectivity index (χ2n) is 7.62. The number of nitrogens with one attached hydrogen (secondary N) is 1. The summed E-state index contributed by atoms with van der Waals surface area (Å²) in [5.41, 5.74) is 1.71. The minimum Gasteiger partial charge on any atom is -0.497 e. The molecule has 1 aromatic carbocycles. The zero-order valence-electron chi connectivity index (χ0n) is 16.4. The minimum absolute atomic E-state index is 0.118. The molecular weight excluding hydrogens is 363 g/mol. The number of methoxy groups -OCH3 is 1. The van der Waals surface area contributed by atoms with Gasteiger partial charge in [0, 0.05) is 45.2 Å². The maximum atomic E-state index is 14.5. The highest BCUT2D eigenvalue weighted by molar-refractivity contribution is 5.76. The van der Waals surface area contributed by atoms with E-state index < -0.39 is 12.3 Å². The van der Waals surface area contributed by atoms with Gasteiger partial charge in [0.05, 0.1) is 18.1 Å². The van der Waals surface area contributed by atoms with Crippen LogP contribution in [0.2, 0.25) is 0 Å². The number of aromatic amines is 1. The molecule has 0 saturated carbocycles. The van der Waals surface area contributed by atoms with Crippen LogP contribution in [-0.4, -0.2) is 77.3 Å². The number of benzene rings is 1. The van der Waals surface area contributed by atoms with Crippen LogP contribution in [0.4, 0.5) is 4.39 Å². The van der Waals surface area contributed by atoms with Crippen molar-refractivity contribution in [2.75, 3.05) is 33.3 Å². The van der Waals surface area contributed by atoms with Crippen LogP contribution in [0.15, 0.2) is 18.2 Å². The van der Waals surface area contributed by atoms with Gasteiger partial charge in [-0.25, -0.2) is 9.37 Å². The first-order chi connectivity index (χ1) is 13.5. The molecule has 2 aromatic rings. The summed E-state index contributed by atoms with van der Waals surface area (Å²) in [7, 11) is 1.62. The molecule has 2 aliphatic heterocycles. The van der Waals surface area contributed by atoms with E-state index in [2.05, 4.69) is 14.9 Å². The second kappa shape index (κ2) is 8.05. The van der Waals surface area contributed by atoms with Crippen molar-refractivity contribution in [1.82, 2.24) is 19.8 Å². The van der Waals surface area contributed by atoms with E-state index in [1.165, 1.54) is 0 Å². The molecule has 4 rings (SSSR count). The molecule has 0 bridgehead atoms. The molecule has 2 fully saturated rings. The maximum absolute atomic E-state index is 14.5. The molecule has 1 N–H and O–H groups in total. The van der Waals surface area contributed by atoms with Crippen LogP contribution < -0.4 is 4.74 Å². The van der Waals surface area contributed by atoms with Crippen LogP contribution in [0.1, 0.15) is 25.6 Å². The maximum Gasteiger partial charge on any atom is 0.219 e. The summed E-state index contributed by atoms with van der Waals surface area (Å²) in [6.45, 7) is 4.33. The Bertz CT molecular complexity index is 834. The lowest BCUT2D eigenvalue weighted by molar-refractivity contribution is -0.130. The van der Waals surface area contributed by atoms with Crippen molar-refractivity contribution in [2.45, 2.75) is 44.7 Å². The summed E-state index contributed by atoms with van der Waals surface area (Å²) in [5.74, 6) is 1.56. The Morgan fingerprint density at radius 3 is 2.82 bits per heavy atom. The van der Waals surface area contributed by atoms with E-state index >= 15 is 0 Å². The Labute approximate surface area is 163 Å². The predicted molar refractivity (Wildman–Crippen MR) is 103 cm³/mol. The number of carbonyl (C=O) groups is 1. The first-order valence-electron chi connectivity index (χ1n) is 9.81. The van der Waals surface area contributed by atoms with Crippen molar-refractivity contribution in [3.63, 3.8) is 0 Å². The van der Waals surface area contributed by atoms with Crippen molar-refractivity contribution in [1.29, 1.82) is 0 Å².